The number of halogens is 2. The number of likely N-dealkylation sites (N-methyl/N-ethyl adjacent to an activating group) is 1. The third-order valence-corrected chi connectivity index (χ3v) is 3.62. The highest BCUT2D eigenvalue weighted by Gasteiger charge is 2.13. The summed E-state index contributed by atoms with van der Waals surface area (Å²) in [5.74, 6) is -1.45. The van der Waals surface area contributed by atoms with Crippen molar-refractivity contribution < 1.29 is 18.7 Å². The summed E-state index contributed by atoms with van der Waals surface area (Å²) in [7, 11) is 1.52. The third kappa shape index (κ3) is 6.04. The molecule has 25 heavy (non-hydrogen) atoms. The largest absolute Gasteiger partial charge is 0.452 e. The molecule has 0 atom stereocenters. The van der Waals surface area contributed by atoms with Crippen molar-refractivity contribution >= 4 is 29.6 Å². The molecule has 0 heterocycles. The lowest BCUT2D eigenvalue weighted by atomic mass is 10.2. The fraction of sp³-hybridized carbons (Fsp3) is 0.158. The molecule has 2 aromatic rings. The Labute approximate surface area is 150 Å². The standard InChI is InChI=1S/C19H17ClFNO3/c1-22(12-15-6-2-3-8-17(15)21)18(23)13-25-19(24)10-9-14-5-4-7-16(20)11-14/h2-11H,12-13H2,1H3/b10-9+. The molecule has 0 N–H and O–H groups in total. The lowest BCUT2D eigenvalue weighted by Gasteiger charge is -2.17. The van der Waals surface area contributed by atoms with E-state index in [-0.39, 0.29) is 12.4 Å². The van der Waals surface area contributed by atoms with E-state index in [1.807, 2.05) is 0 Å². The molecule has 1 amide bonds. The molecule has 2 rings (SSSR count). The molecule has 0 unspecified atom stereocenters. The first-order chi connectivity index (χ1) is 12.0. The first kappa shape index (κ1) is 18.7. The van der Waals surface area contributed by atoms with Crippen LogP contribution in [0.25, 0.3) is 6.08 Å². The van der Waals surface area contributed by atoms with Gasteiger partial charge in [0.2, 0.25) is 0 Å². The zero-order valence-corrected chi connectivity index (χ0v) is 14.4. The minimum Gasteiger partial charge on any atom is -0.452 e. The molecule has 0 aromatic heterocycles. The Hall–Kier alpha value is -2.66. The molecule has 0 spiro atoms. The molecule has 0 bridgehead atoms. The summed E-state index contributed by atoms with van der Waals surface area (Å²) in [6.07, 6.45) is 2.76. The average molecular weight is 362 g/mol. The van der Waals surface area contributed by atoms with Gasteiger partial charge in [-0.05, 0) is 29.8 Å². The van der Waals surface area contributed by atoms with Gasteiger partial charge < -0.3 is 9.64 Å². The van der Waals surface area contributed by atoms with Gasteiger partial charge in [-0.15, -0.1) is 0 Å². The number of amides is 1. The first-order valence-corrected chi connectivity index (χ1v) is 7.91. The average Bonchev–Trinajstić information content (AvgIpc) is 2.59. The number of esters is 1. The highest BCUT2D eigenvalue weighted by molar-refractivity contribution is 6.30. The Bertz CT molecular complexity index is 792. The van der Waals surface area contributed by atoms with Crippen molar-refractivity contribution in [3.8, 4) is 0 Å². The molecule has 0 aliphatic carbocycles. The fourth-order valence-corrected chi connectivity index (χ4v) is 2.23. The minimum absolute atomic E-state index is 0.0986. The summed E-state index contributed by atoms with van der Waals surface area (Å²) in [4.78, 5) is 24.9. The molecule has 0 saturated heterocycles. The van der Waals surface area contributed by atoms with E-state index >= 15 is 0 Å². The van der Waals surface area contributed by atoms with Crippen LogP contribution in [0.15, 0.2) is 54.6 Å². The lowest BCUT2D eigenvalue weighted by Crippen LogP contribution is -2.30. The van der Waals surface area contributed by atoms with Gasteiger partial charge in [0.15, 0.2) is 6.61 Å². The number of hydrogen-bond acceptors (Lipinski definition) is 3. The van der Waals surface area contributed by atoms with Crippen molar-refractivity contribution in [1.29, 1.82) is 0 Å². The number of carbonyl (C=O) groups is 2. The monoisotopic (exact) mass is 361 g/mol. The van der Waals surface area contributed by atoms with Gasteiger partial charge in [0.05, 0.1) is 0 Å². The van der Waals surface area contributed by atoms with Crippen LogP contribution >= 0.6 is 11.6 Å². The zero-order chi connectivity index (χ0) is 18.2. The van der Waals surface area contributed by atoms with E-state index in [9.17, 15) is 14.0 Å². The molecule has 130 valence electrons. The second-order valence-corrected chi connectivity index (χ2v) is 5.77. The molecular weight excluding hydrogens is 345 g/mol. The summed E-state index contributed by atoms with van der Waals surface area (Å²) >= 11 is 5.85. The molecule has 4 nitrogen and oxygen atoms in total. The maximum atomic E-state index is 13.6. The minimum atomic E-state index is -0.646. The van der Waals surface area contributed by atoms with Gasteiger partial charge in [-0.25, -0.2) is 9.18 Å². The number of benzene rings is 2. The van der Waals surface area contributed by atoms with E-state index < -0.39 is 18.5 Å². The Balaban J connectivity index is 1.82. The molecule has 2 aromatic carbocycles. The van der Waals surface area contributed by atoms with E-state index in [0.29, 0.717) is 10.6 Å². The molecule has 0 aliphatic heterocycles. The van der Waals surface area contributed by atoms with Crippen molar-refractivity contribution in [3.05, 3.63) is 76.6 Å². The van der Waals surface area contributed by atoms with Crippen LogP contribution in [-0.4, -0.2) is 30.4 Å². The Morgan fingerprint density at radius 3 is 2.68 bits per heavy atom. The summed E-state index contributed by atoms with van der Waals surface area (Å²) in [5.41, 5.74) is 1.14. The predicted molar refractivity (Wildman–Crippen MR) is 94.3 cm³/mol. The summed E-state index contributed by atoms with van der Waals surface area (Å²) < 4.78 is 18.5. The number of hydrogen-bond donors (Lipinski definition) is 0. The number of rotatable bonds is 6. The van der Waals surface area contributed by atoms with Gasteiger partial charge in [-0.2, -0.15) is 0 Å². The number of ether oxygens (including phenoxy) is 1. The Kier molecular flexibility index (Phi) is 6.71. The second kappa shape index (κ2) is 8.99. The van der Waals surface area contributed by atoms with E-state index in [2.05, 4.69) is 0 Å². The summed E-state index contributed by atoms with van der Waals surface area (Å²) in [6.45, 7) is -0.314. The van der Waals surface area contributed by atoms with E-state index in [1.165, 1.54) is 24.1 Å². The number of nitrogens with zero attached hydrogens (tertiary/aromatic N) is 1. The highest BCUT2D eigenvalue weighted by Crippen LogP contribution is 2.12. The Morgan fingerprint density at radius 1 is 1.20 bits per heavy atom. The van der Waals surface area contributed by atoms with Crippen LogP contribution in [-0.2, 0) is 20.9 Å². The van der Waals surface area contributed by atoms with E-state index in [0.717, 1.165) is 5.56 Å². The van der Waals surface area contributed by atoms with Crippen molar-refractivity contribution in [3.63, 3.8) is 0 Å². The maximum absolute atomic E-state index is 13.6. The van der Waals surface area contributed by atoms with Gasteiger partial charge in [0.1, 0.15) is 5.82 Å². The summed E-state index contributed by atoms with van der Waals surface area (Å²) in [6, 6.07) is 13.1. The zero-order valence-electron chi connectivity index (χ0n) is 13.6. The van der Waals surface area contributed by atoms with Crippen LogP contribution < -0.4 is 0 Å². The van der Waals surface area contributed by atoms with Crippen LogP contribution in [0.1, 0.15) is 11.1 Å². The van der Waals surface area contributed by atoms with Crippen molar-refractivity contribution in [1.82, 2.24) is 4.90 Å². The Morgan fingerprint density at radius 2 is 1.96 bits per heavy atom. The molecule has 0 aliphatic rings. The smallest absolute Gasteiger partial charge is 0.331 e. The van der Waals surface area contributed by atoms with Crippen LogP contribution in [0.4, 0.5) is 4.39 Å². The van der Waals surface area contributed by atoms with Crippen LogP contribution in [0.2, 0.25) is 5.02 Å². The first-order valence-electron chi connectivity index (χ1n) is 7.53. The third-order valence-electron chi connectivity index (χ3n) is 3.39. The molecule has 6 heteroatoms. The van der Waals surface area contributed by atoms with Crippen molar-refractivity contribution in [2.75, 3.05) is 13.7 Å². The van der Waals surface area contributed by atoms with Crippen LogP contribution in [0.5, 0.6) is 0 Å². The maximum Gasteiger partial charge on any atom is 0.331 e. The van der Waals surface area contributed by atoms with Crippen LogP contribution in [0, 0.1) is 5.82 Å². The SMILES string of the molecule is CN(Cc1ccccc1F)C(=O)COC(=O)/C=C/c1cccc(Cl)c1. The fourth-order valence-electron chi connectivity index (χ4n) is 2.04. The van der Waals surface area contributed by atoms with Crippen LogP contribution in [0.3, 0.4) is 0 Å². The van der Waals surface area contributed by atoms with Gasteiger partial charge in [-0.1, -0.05) is 41.9 Å². The van der Waals surface area contributed by atoms with E-state index in [4.69, 9.17) is 16.3 Å². The number of carbonyl (C=O) groups excluding carboxylic acids is 2. The second-order valence-electron chi connectivity index (χ2n) is 5.34. The van der Waals surface area contributed by atoms with E-state index in [1.54, 1.807) is 48.5 Å². The molecule has 0 saturated carbocycles. The van der Waals surface area contributed by atoms with Crippen molar-refractivity contribution in [2.24, 2.45) is 0 Å². The molecule has 0 radical (unpaired) electrons. The van der Waals surface area contributed by atoms with Crippen molar-refractivity contribution in [2.45, 2.75) is 6.54 Å². The quantitative estimate of drug-likeness (QED) is 0.582. The highest BCUT2D eigenvalue weighted by atomic mass is 35.5. The lowest BCUT2D eigenvalue weighted by molar-refractivity contribution is -0.147. The van der Waals surface area contributed by atoms with Gasteiger partial charge in [0, 0.05) is 30.3 Å². The topological polar surface area (TPSA) is 46.6 Å². The summed E-state index contributed by atoms with van der Waals surface area (Å²) in [5, 5.41) is 0.556. The molecular formula is C19H17ClFNO3. The molecule has 0 fully saturated rings. The van der Waals surface area contributed by atoms with Gasteiger partial charge in [-0.3, -0.25) is 4.79 Å². The van der Waals surface area contributed by atoms with Gasteiger partial charge >= 0.3 is 5.97 Å². The predicted octanol–water partition coefficient (Wildman–Crippen LogP) is 3.69. The normalized spacial score (nSPS) is 10.7. The van der Waals surface area contributed by atoms with Gasteiger partial charge in [0.25, 0.3) is 5.91 Å².